The van der Waals surface area contributed by atoms with Crippen LogP contribution in [0.2, 0.25) is 0 Å². The zero-order valence-corrected chi connectivity index (χ0v) is 15.0. The molecule has 0 atom stereocenters. The number of fused-ring (bicyclic) bond motifs is 1. The van der Waals surface area contributed by atoms with Gasteiger partial charge in [-0.25, -0.2) is 9.18 Å². The smallest absolute Gasteiger partial charge is 0.343 e. The maximum absolute atomic E-state index is 13.8. The fourth-order valence-corrected chi connectivity index (χ4v) is 2.57. The molecule has 0 spiro atoms. The first kappa shape index (κ1) is 18.4. The van der Waals surface area contributed by atoms with Gasteiger partial charge in [-0.05, 0) is 38.1 Å². The largest absolute Gasteiger partial charge is 0.481 e. The van der Waals surface area contributed by atoms with Crippen LogP contribution in [-0.2, 0) is 9.53 Å². The fourth-order valence-electron chi connectivity index (χ4n) is 2.57. The molecule has 27 heavy (non-hydrogen) atoms. The number of benzene rings is 2. The number of carbonyl (C=O) groups excluding carboxylic acids is 1. The van der Waals surface area contributed by atoms with Gasteiger partial charge in [-0.2, -0.15) is 0 Å². The normalized spacial score (nSPS) is 10.7. The second-order valence-corrected chi connectivity index (χ2v) is 5.78. The topological polar surface area (TPSA) is 75.0 Å². The second-order valence-electron chi connectivity index (χ2n) is 5.78. The molecule has 0 saturated carbocycles. The molecule has 3 aromatic rings. The Bertz CT molecular complexity index is 1070. The van der Waals surface area contributed by atoms with Crippen LogP contribution in [0.4, 0.5) is 4.39 Å². The molecule has 3 rings (SSSR count). The molecule has 6 nitrogen and oxygen atoms in total. The number of hydrogen-bond acceptors (Lipinski definition) is 6. The Morgan fingerprint density at radius 3 is 2.56 bits per heavy atom. The number of halogens is 1. The maximum atomic E-state index is 13.8. The van der Waals surface area contributed by atoms with Gasteiger partial charge in [0.2, 0.25) is 11.2 Å². The molecule has 0 N–H and O–H groups in total. The average Bonchev–Trinajstić information content (AvgIpc) is 2.66. The van der Waals surface area contributed by atoms with E-state index in [1.807, 2.05) is 0 Å². The first-order valence-electron chi connectivity index (χ1n) is 8.11. The van der Waals surface area contributed by atoms with Gasteiger partial charge >= 0.3 is 5.97 Å². The number of hydrogen-bond donors (Lipinski definition) is 0. The second kappa shape index (κ2) is 7.49. The first-order chi connectivity index (χ1) is 12.9. The Balaban J connectivity index is 2.04. The minimum Gasteiger partial charge on any atom is -0.481 e. The van der Waals surface area contributed by atoms with E-state index in [0.717, 1.165) is 0 Å². The van der Waals surface area contributed by atoms with Crippen LogP contribution in [-0.4, -0.2) is 19.7 Å². The van der Waals surface area contributed by atoms with E-state index in [0.29, 0.717) is 16.9 Å². The molecule has 0 aliphatic heterocycles. The summed E-state index contributed by atoms with van der Waals surface area (Å²) in [5.41, 5.74) is 0.425. The van der Waals surface area contributed by atoms with Gasteiger partial charge in [0.1, 0.15) is 17.1 Å². The van der Waals surface area contributed by atoms with Crippen LogP contribution < -0.4 is 14.9 Å². The lowest BCUT2D eigenvalue weighted by molar-refractivity contribution is -0.142. The molecule has 0 fully saturated rings. The number of ether oxygens (including phenoxy) is 3. The van der Waals surface area contributed by atoms with E-state index in [4.69, 9.17) is 13.9 Å². The van der Waals surface area contributed by atoms with Crippen LogP contribution in [0.5, 0.6) is 17.2 Å². The van der Waals surface area contributed by atoms with Crippen LogP contribution in [0.1, 0.15) is 11.3 Å². The standard InChI is InChI=1S/C20H17FO6/c1-11-15(25-10-17(22)24-3)9-8-13-18(23)20(12(2)26-19(11)13)27-16-7-5-4-6-14(16)21/h4-9H,10H2,1-3H3. The van der Waals surface area contributed by atoms with Crippen molar-refractivity contribution < 1.29 is 27.8 Å². The van der Waals surface area contributed by atoms with Gasteiger partial charge < -0.3 is 18.6 Å². The Hall–Kier alpha value is -3.35. The number of carbonyl (C=O) groups is 1. The van der Waals surface area contributed by atoms with E-state index in [-0.39, 0.29) is 29.3 Å². The predicted octanol–water partition coefficient (Wildman–Crippen LogP) is 3.89. The average molecular weight is 372 g/mol. The lowest BCUT2D eigenvalue weighted by atomic mass is 10.1. The molecule has 0 amide bonds. The van der Waals surface area contributed by atoms with Gasteiger partial charge in [-0.15, -0.1) is 0 Å². The Morgan fingerprint density at radius 2 is 1.85 bits per heavy atom. The van der Waals surface area contributed by atoms with E-state index < -0.39 is 17.2 Å². The van der Waals surface area contributed by atoms with E-state index in [1.54, 1.807) is 26.0 Å². The summed E-state index contributed by atoms with van der Waals surface area (Å²) in [6.07, 6.45) is 0. The van der Waals surface area contributed by atoms with Crippen molar-refractivity contribution in [3.05, 3.63) is 63.8 Å². The zero-order chi connectivity index (χ0) is 19.6. The zero-order valence-electron chi connectivity index (χ0n) is 15.0. The van der Waals surface area contributed by atoms with Crippen LogP contribution >= 0.6 is 0 Å². The predicted molar refractivity (Wildman–Crippen MR) is 95.9 cm³/mol. The summed E-state index contributed by atoms with van der Waals surface area (Å²) in [4.78, 5) is 24.1. The van der Waals surface area contributed by atoms with E-state index >= 15 is 0 Å². The molecule has 0 unspecified atom stereocenters. The summed E-state index contributed by atoms with van der Waals surface area (Å²) in [7, 11) is 1.26. The number of rotatable bonds is 5. The molecule has 1 heterocycles. The summed E-state index contributed by atoms with van der Waals surface area (Å²) in [6.45, 7) is 2.99. The molecule has 0 aliphatic rings. The monoisotopic (exact) mass is 372 g/mol. The number of methoxy groups -OCH3 is 1. The molecule has 0 saturated heterocycles. The fraction of sp³-hybridized carbons (Fsp3) is 0.200. The van der Waals surface area contributed by atoms with Gasteiger partial charge in [-0.1, -0.05) is 12.1 Å². The highest BCUT2D eigenvalue weighted by molar-refractivity contribution is 5.83. The molecule has 0 radical (unpaired) electrons. The van der Waals surface area contributed by atoms with Gasteiger partial charge in [0, 0.05) is 5.56 Å². The van der Waals surface area contributed by atoms with Crippen molar-refractivity contribution >= 4 is 16.9 Å². The van der Waals surface area contributed by atoms with E-state index in [1.165, 1.54) is 31.4 Å². The van der Waals surface area contributed by atoms with Crippen molar-refractivity contribution in [2.24, 2.45) is 0 Å². The number of para-hydroxylation sites is 1. The number of aryl methyl sites for hydroxylation is 2. The van der Waals surface area contributed by atoms with Gasteiger partial charge in [0.25, 0.3) is 0 Å². The number of esters is 1. The molecule has 1 aromatic heterocycles. The highest BCUT2D eigenvalue weighted by atomic mass is 19.1. The molecular weight excluding hydrogens is 355 g/mol. The third-order valence-corrected chi connectivity index (χ3v) is 4.00. The molecule has 0 bridgehead atoms. The Kier molecular flexibility index (Phi) is 5.12. The van der Waals surface area contributed by atoms with E-state index in [9.17, 15) is 14.0 Å². The summed E-state index contributed by atoms with van der Waals surface area (Å²) in [5.74, 6) is -0.681. The van der Waals surface area contributed by atoms with Crippen molar-refractivity contribution in [1.82, 2.24) is 0 Å². The van der Waals surface area contributed by atoms with Crippen LogP contribution in [0.25, 0.3) is 11.0 Å². The lowest BCUT2D eigenvalue weighted by Gasteiger charge is -2.12. The molecule has 0 aliphatic carbocycles. The Labute approximate surface area is 154 Å². The van der Waals surface area contributed by atoms with Gasteiger partial charge in [-0.3, -0.25) is 4.79 Å². The Morgan fingerprint density at radius 1 is 1.11 bits per heavy atom. The first-order valence-corrected chi connectivity index (χ1v) is 8.11. The highest BCUT2D eigenvalue weighted by Gasteiger charge is 2.18. The summed E-state index contributed by atoms with van der Waals surface area (Å²) in [5, 5.41) is 0.259. The van der Waals surface area contributed by atoms with Crippen molar-refractivity contribution in [2.75, 3.05) is 13.7 Å². The van der Waals surface area contributed by atoms with Gasteiger partial charge in [0.05, 0.1) is 12.5 Å². The van der Waals surface area contributed by atoms with Crippen molar-refractivity contribution in [2.45, 2.75) is 13.8 Å². The third kappa shape index (κ3) is 3.62. The maximum Gasteiger partial charge on any atom is 0.343 e. The van der Waals surface area contributed by atoms with E-state index in [2.05, 4.69) is 4.74 Å². The quantitative estimate of drug-likeness (QED) is 0.633. The summed E-state index contributed by atoms with van der Waals surface area (Å²) in [6, 6.07) is 8.85. The van der Waals surface area contributed by atoms with Crippen molar-refractivity contribution in [3.8, 4) is 17.2 Å². The lowest BCUT2D eigenvalue weighted by Crippen LogP contribution is -2.13. The molecule has 2 aromatic carbocycles. The van der Waals surface area contributed by atoms with Crippen LogP contribution in [0.15, 0.2) is 45.6 Å². The molecular formula is C20H17FO6. The minimum absolute atomic E-state index is 0.0676. The van der Waals surface area contributed by atoms with Gasteiger partial charge in [0.15, 0.2) is 18.2 Å². The van der Waals surface area contributed by atoms with Crippen LogP contribution in [0.3, 0.4) is 0 Å². The SMILES string of the molecule is COC(=O)COc1ccc2c(=O)c(Oc3ccccc3F)c(C)oc2c1C. The highest BCUT2D eigenvalue weighted by Crippen LogP contribution is 2.31. The molecule has 7 heteroatoms. The summed E-state index contributed by atoms with van der Waals surface area (Å²) >= 11 is 0. The minimum atomic E-state index is -0.584. The van der Waals surface area contributed by atoms with Crippen molar-refractivity contribution in [1.29, 1.82) is 0 Å². The van der Waals surface area contributed by atoms with Crippen molar-refractivity contribution in [3.63, 3.8) is 0 Å². The van der Waals surface area contributed by atoms with Crippen LogP contribution in [0, 0.1) is 19.7 Å². The summed E-state index contributed by atoms with van der Waals surface area (Å²) < 4.78 is 35.0. The third-order valence-electron chi connectivity index (χ3n) is 4.00. The molecule has 140 valence electrons.